The summed E-state index contributed by atoms with van der Waals surface area (Å²) in [4.78, 5) is 10.4. The summed E-state index contributed by atoms with van der Waals surface area (Å²) in [6, 6.07) is 7.58. The van der Waals surface area contributed by atoms with Crippen LogP contribution in [0.5, 0.6) is 0 Å². The Bertz CT molecular complexity index is 253. The van der Waals surface area contributed by atoms with E-state index in [2.05, 4.69) is 6.07 Å². The normalized spacial score (nSPS) is 9.30. The van der Waals surface area contributed by atoms with Gasteiger partial charge in [0.1, 0.15) is 0 Å². The molecule has 0 saturated carbocycles. The van der Waals surface area contributed by atoms with Gasteiger partial charge in [0.15, 0.2) is 0 Å². The van der Waals surface area contributed by atoms with Crippen molar-refractivity contribution in [3.8, 4) is 0 Å². The molecule has 0 aliphatic carbocycles. The van der Waals surface area contributed by atoms with E-state index in [9.17, 15) is 4.79 Å². The minimum Gasteiger partial charge on any atom is -0.478 e. The van der Waals surface area contributed by atoms with Crippen LogP contribution in [0.15, 0.2) is 18.2 Å². The molecule has 10 heavy (non-hydrogen) atoms. The predicted octanol–water partition coefficient (Wildman–Crippen LogP) is 1.49. The van der Waals surface area contributed by atoms with Gasteiger partial charge in [-0.3, -0.25) is 0 Å². The summed E-state index contributed by atoms with van der Waals surface area (Å²) in [5.74, 6) is -0.883. The first-order valence-corrected chi connectivity index (χ1v) is 2.92. The van der Waals surface area contributed by atoms with Crippen molar-refractivity contribution >= 4 is 5.97 Å². The molecule has 0 spiro atoms. The molecule has 0 unspecified atom stereocenters. The number of carbonyl (C=O) groups is 1. The van der Waals surface area contributed by atoms with E-state index in [0.29, 0.717) is 5.56 Å². The third-order valence-corrected chi connectivity index (χ3v) is 1.30. The molecule has 0 aliphatic heterocycles. The largest absolute Gasteiger partial charge is 0.478 e. The molecular weight excluding hydrogens is 128 g/mol. The van der Waals surface area contributed by atoms with Crippen molar-refractivity contribution in [2.24, 2.45) is 0 Å². The van der Waals surface area contributed by atoms with Gasteiger partial charge in [-0.25, -0.2) is 4.79 Å². The van der Waals surface area contributed by atoms with Crippen molar-refractivity contribution in [2.45, 2.75) is 6.92 Å². The van der Waals surface area contributed by atoms with Gasteiger partial charge >= 0.3 is 5.97 Å². The van der Waals surface area contributed by atoms with Crippen LogP contribution in [0.4, 0.5) is 0 Å². The van der Waals surface area contributed by atoms with Gasteiger partial charge in [0.25, 0.3) is 0 Å². The lowest BCUT2D eigenvalue weighted by Gasteiger charge is -1.95. The highest BCUT2D eigenvalue weighted by Gasteiger charge is 2.03. The summed E-state index contributed by atoms with van der Waals surface area (Å²) in [5, 5.41) is 8.55. The average molecular weight is 135 g/mol. The Kier molecular flexibility index (Phi) is 1.71. The Morgan fingerprint density at radius 1 is 1.70 bits per heavy atom. The molecule has 1 aromatic rings. The van der Waals surface area contributed by atoms with Gasteiger partial charge in [-0.2, -0.15) is 0 Å². The molecule has 1 N–H and O–H groups in total. The highest BCUT2D eigenvalue weighted by atomic mass is 16.4. The second kappa shape index (κ2) is 2.52. The Balaban J connectivity index is 3.15. The summed E-state index contributed by atoms with van der Waals surface area (Å²) < 4.78 is 0. The highest BCUT2D eigenvalue weighted by Crippen LogP contribution is 2.04. The van der Waals surface area contributed by atoms with Crippen molar-refractivity contribution in [2.75, 3.05) is 0 Å². The second-order valence-electron chi connectivity index (χ2n) is 2.05. The molecule has 2 nitrogen and oxygen atoms in total. The number of carboxylic acids is 1. The van der Waals surface area contributed by atoms with Gasteiger partial charge < -0.3 is 5.11 Å². The highest BCUT2D eigenvalue weighted by molar-refractivity contribution is 5.89. The number of aryl methyl sites for hydroxylation is 1. The van der Waals surface area contributed by atoms with Crippen LogP contribution >= 0.6 is 0 Å². The smallest absolute Gasteiger partial charge is 0.335 e. The van der Waals surface area contributed by atoms with Crippen LogP contribution in [0, 0.1) is 13.0 Å². The average Bonchev–Trinajstić information content (AvgIpc) is 1.88. The fraction of sp³-hybridized carbons (Fsp3) is 0.125. The Labute approximate surface area is 59.1 Å². The molecule has 0 saturated heterocycles. The van der Waals surface area contributed by atoms with Gasteiger partial charge in [0, 0.05) is 0 Å². The molecule has 0 heterocycles. The van der Waals surface area contributed by atoms with E-state index in [4.69, 9.17) is 5.11 Å². The topological polar surface area (TPSA) is 37.3 Å². The molecule has 0 aromatic heterocycles. The SMILES string of the molecule is Cc1c[c]ccc1C(=O)O. The van der Waals surface area contributed by atoms with E-state index in [0.717, 1.165) is 5.56 Å². The van der Waals surface area contributed by atoms with Gasteiger partial charge in [-0.1, -0.05) is 12.1 Å². The zero-order valence-corrected chi connectivity index (χ0v) is 5.59. The Hall–Kier alpha value is -1.31. The summed E-state index contributed by atoms with van der Waals surface area (Å²) in [7, 11) is 0. The molecule has 0 fully saturated rings. The first kappa shape index (κ1) is 6.81. The van der Waals surface area contributed by atoms with E-state index >= 15 is 0 Å². The molecule has 0 amide bonds. The lowest BCUT2D eigenvalue weighted by Crippen LogP contribution is -1.98. The summed E-state index contributed by atoms with van der Waals surface area (Å²) in [5.41, 5.74) is 1.09. The van der Waals surface area contributed by atoms with Crippen molar-refractivity contribution in [3.05, 3.63) is 35.4 Å². The van der Waals surface area contributed by atoms with E-state index in [1.807, 2.05) is 0 Å². The number of carboxylic acid groups (broad SMARTS) is 1. The quantitative estimate of drug-likeness (QED) is 0.633. The molecule has 1 radical (unpaired) electrons. The molecule has 0 bridgehead atoms. The van der Waals surface area contributed by atoms with Gasteiger partial charge in [0.05, 0.1) is 5.56 Å². The fourth-order valence-electron chi connectivity index (χ4n) is 0.754. The van der Waals surface area contributed by atoms with Crippen LogP contribution in [-0.2, 0) is 0 Å². The summed E-state index contributed by atoms with van der Waals surface area (Å²) in [6.45, 7) is 1.75. The minimum atomic E-state index is -0.883. The Morgan fingerprint density at radius 3 is 2.80 bits per heavy atom. The Morgan fingerprint density at radius 2 is 2.40 bits per heavy atom. The molecule has 51 valence electrons. The number of rotatable bonds is 1. The maximum atomic E-state index is 10.4. The van der Waals surface area contributed by atoms with Crippen molar-refractivity contribution in [3.63, 3.8) is 0 Å². The molecule has 2 heteroatoms. The van der Waals surface area contributed by atoms with E-state index < -0.39 is 5.97 Å². The van der Waals surface area contributed by atoms with E-state index in [-0.39, 0.29) is 0 Å². The van der Waals surface area contributed by atoms with Crippen molar-refractivity contribution in [1.82, 2.24) is 0 Å². The minimum absolute atomic E-state index is 0.346. The first-order valence-electron chi connectivity index (χ1n) is 2.92. The van der Waals surface area contributed by atoms with Crippen LogP contribution in [-0.4, -0.2) is 11.1 Å². The second-order valence-corrected chi connectivity index (χ2v) is 2.05. The lowest BCUT2D eigenvalue weighted by molar-refractivity contribution is 0.0696. The monoisotopic (exact) mass is 135 g/mol. The molecule has 0 atom stereocenters. The fourth-order valence-corrected chi connectivity index (χ4v) is 0.754. The molecular formula is C8H7O2. The van der Waals surface area contributed by atoms with E-state index in [1.165, 1.54) is 6.07 Å². The predicted molar refractivity (Wildman–Crippen MR) is 37.0 cm³/mol. The van der Waals surface area contributed by atoms with Crippen LogP contribution in [0.25, 0.3) is 0 Å². The van der Waals surface area contributed by atoms with Crippen molar-refractivity contribution < 1.29 is 9.90 Å². The number of hydrogen-bond donors (Lipinski definition) is 1. The van der Waals surface area contributed by atoms with Gasteiger partial charge in [-0.15, -0.1) is 0 Å². The standard InChI is InChI=1S/C8H7O2/c1-6-4-2-3-5-7(6)8(9)10/h3-5H,1H3,(H,9,10). The zero-order valence-electron chi connectivity index (χ0n) is 5.59. The lowest BCUT2D eigenvalue weighted by atomic mass is 10.1. The molecule has 1 aromatic carbocycles. The summed E-state index contributed by atoms with van der Waals surface area (Å²) in [6.07, 6.45) is 0. The maximum absolute atomic E-state index is 10.4. The van der Waals surface area contributed by atoms with Crippen LogP contribution in [0.2, 0.25) is 0 Å². The third-order valence-electron chi connectivity index (χ3n) is 1.30. The van der Waals surface area contributed by atoms with Gasteiger partial charge in [0.2, 0.25) is 0 Å². The maximum Gasteiger partial charge on any atom is 0.335 e. The number of hydrogen-bond acceptors (Lipinski definition) is 1. The molecule has 0 aliphatic rings. The van der Waals surface area contributed by atoms with Crippen molar-refractivity contribution in [1.29, 1.82) is 0 Å². The third kappa shape index (κ3) is 1.16. The van der Waals surface area contributed by atoms with Crippen LogP contribution in [0.1, 0.15) is 15.9 Å². The van der Waals surface area contributed by atoms with E-state index in [1.54, 1.807) is 19.1 Å². The summed E-state index contributed by atoms with van der Waals surface area (Å²) >= 11 is 0. The zero-order chi connectivity index (χ0) is 7.56. The van der Waals surface area contributed by atoms with Crippen LogP contribution in [0.3, 0.4) is 0 Å². The number of aromatic carboxylic acids is 1. The number of benzene rings is 1. The van der Waals surface area contributed by atoms with Crippen LogP contribution < -0.4 is 0 Å². The first-order chi connectivity index (χ1) is 4.72. The van der Waals surface area contributed by atoms with Gasteiger partial charge in [-0.05, 0) is 24.6 Å². The molecule has 1 rings (SSSR count).